The van der Waals surface area contributed by atoms with Gasteiger partial charge in [0.25, 0.3) is 5.91 Å². The van der Waals surface area contributed by atoms with Gasteiger partial charge in [0.15, 0.2) is 5.82 Å². The lowest BCUT2D eigenvalue weighted by Gasteiger charge is -2.06. The van der Waals surface area contributed by atoms with Crippen LogP contribution in [0.3, 0.4) is 0 Å². The zero-order valence-corrected chi connectivity index (χ0v) is 15.3. The molecule has 2 aromatic carbocycles. The summed E-state index contributed by atoms with van der Waals surface area (Å²) in [5.41, 5.74) is 4.97. The first-order valence-corrected chi connectivity index (χ1v) is 8.47. The van der Waals surface area contributed by atoms with Gasteiger partial charge in [-0.05, 0) is 61.7 Å². The largest absolute Gasteiger partial charge is 0.305 e. The van der Waals surface area contributed by atoms with E-state index in [-0.39, 0.29) is 5.91 Å². The summed E-state index contributed by atoms with van der Waals surface area (Å²) in [5, 5.41) is 8.06. The number of amides is 1. The van der Waals surface area contributed by atoms with E-state index in [1.54, 1.807) is 0 Å². The number of aromatic nitrogens is 2. The maximum atomic E-state index is 12.4. The van der Waals surface area contributed by atoms with Gasteiger partial charge in [-0.2, -0.15) is 5.10 Å². The number of aryl methyl sites for hydroxylation is 3. The SMILES string of the molecule is Cc1ccc(C(=O)Nc2cc(C)n(Cc3ccc(Cl)cc3)n2)cc1C. The van der Waals surface area contributed by atoms with Crippen LogP contribution in [0.2, 0.25) is 5.02 Å². The van der Waals surface area contributed by atoms with Gasteiger partial charge in [0.1, 0.15) is 0 Å². The first-order chi connectivity index (χ1) is 11.9. The average molecular weight is 354 g/mol. The van der Waals surface area contributed by atoms with Crippen molar-refractivity contribution < 1.29 is 4.79 Å². The molecule has 25 heavy (non-hydrogen) atoms. The average Bonchev–Trinajstić information content (AvgIpc) is 2.91. The van der Waals surface area contributed by atoms with E-state index in [0.29, 0.717) is 22.9 Å². The summed E-state index contributed by atoms with van der Waals surface area (Å²) in [7, 11) is 0. The summed E-state index contributed by atoms with van der Waals surface area (Å²) in [4.78, 5) is 12.4. The standard InChI is InChI=1S/C20H20ClN3O/c1-13-4-7-17(10-14(13)2)20(25)22-19-11-15(3)24(23-19)12-16-5-8-18(21)9-6-16/h4-11H,12H2,1-3H3,(H,22,23,25). The molecule has 0 bridgehead atoms. The van der Waals surface area contributed by atoms with Crippen LogP contribution in [-0.2, 0) is 6.54 Å². The minimum atomic E-state index is -0.153. The lowest BCUT2D eigenvalue weighted by atomic mass is 10.1. The molecule has 0 aliphatic heterocycles. The second-order valence-electron chi connectivity index (χ2n) is 6.21. The molecule has 128 valence electrons. The Bertz CT molecular complexity index is 913. The summed E-state index contributed by atoms with van der Waals surface area (Å²) in [6.45, 7) is 6.62. The van der Waals surface area contributed by atoms with Crippen molar-refractivity contribution in [1.82, 2.24) is 9.78 Å². The number of carbonyl (C=O) groups is 1. The molecule has 3 aromatic rings. The predicted molar refractivity (Wildman–Crippen MR) is 101 cm³/mol. The Kier molecular flexibility index (Phi) is 4.91. The molecule has 0 radical (unpaired) electrons. The van der Waals surface area contributed by atoms with Gasteiger partial charge in [-0.1, -0.05) is 29.8 Å². The molecule has 0 fully saturated rings. The molecule has 3 rings (SSSR count). The third-order valence-electron chi connectivity index (χ3n) is 4.24. The molecule has 5 heteroatoms. The monoisotopic (exact) mass is 353 g/mol. The Morgan fingerprint density at radius 2 is 1.76 bits per heavy atom. The third-order valence-corrected chi connectivity index (χ3v) is 4.49. The molecule has 4 nitrogen and oxygen atoms in total. The molecule has 0 unspecified atom stereocenters. The van der Waals surface area contributed by atoms with E-state index in [1.807, 2.05) is 74.0 Å². The summed E-state index contributed by atoms with van der Waals surface area (Å²) in [6, 6.07) is 15.2. The zero-order valence-electron chi connectivity index (χ0n) is 14.5. The van der Waals surface area contributed by atoms with Crippen LogP contribution in [0.25, 0.3) is 0 Å². The normalized spacial score (nSPS) is 10.7. The molecule has 1 amide bonds. The number of rotatable bonds is 4. The fourth-order valence-electron chi connectivity index (χ4n) is 2.57. The Morgan fingerprint density at radius 3 is 2.44 bits per heavy atom. The number of nitrogens with zero attached hydrogens (tertiary/aromatic N) is 2. The molecule has 0 aliphatic carbocycles. The number of nitrogens with one attached hydrogen (secondary N) is 1. The van der Waals surface area contributed by atoms with Gasteiger partial charge in [-0.25, -0.2) is 0 Å². The van der Waals surface area contributed by atoms with Crippen molar-refractivity contribution in [2.75, 3.05) is 5.32 Å². The van der Waals surface area contributed by atoms with Gasteiger partial charge in [-0.3, -0.25) is 9.48 Å². The summed E-state index contributed by atoms with van der Waals surface area (Å²) in [5.74, 6) is 0.397. The van der Waals surface area contributed by atoms with Crippen molar-refractivity contribution >= 4 is 23.3 Å². The van der Waals surface area contributed by atoms with Crippen LogP contribution in [0.15, 0.2) is 48.5 Å². The van der Waals surface area contributed by atoms with Crippen LogP contribution in [0.4, 0.5) is 5.82 Å². The second kappa shape index (κ2) is 7.11. The number of hydrogen-bond acceptors (Lipinski definition) is 2. The van der Waals surface area contributed by atoms with Crippen molar-refractivity contribution in [3.05, 3.63) is 81.5 Å². The van der Waals surface area contributed by atoms with Gasteiger partial charge in [-0.15, -0.1) is 0 Å². The highest BCUT2D eigenvalue weighted by Gasteiger charge is 2.11. The van der Waals surface area contributed by atoms with Gasteiger partial charge < -0.3 is 5.32 Å². The fraction of sp³-hybridized carbons (Fsp3) is 0.200. The first-order valence-electron chi connectivity index (χ1n) is 8.10. The molecule has 1 N–H and O–H groups in total. The maximum absolute atomic E-state index is 12.4. The van der Waals surface area contributed by atoms with Crippen LogP contribution in [0.5, 0.6) is 0 Å². The van der Waals surface area contributed by atoms with Crippen LogP contribution in [0.1, 0.15) is 32.7 Å². The molecule has 1 aromatic heterocycles. The lowest BCUT2D eigenvalue weighted by Crippen LogP contribution is -2.13. The highest BCUT2D eigenvalue weighted by molar-refractivity contribution is 6.30. The molecule has 0 saturated heterocycles. The summed E-state index contributed by atoms with van der Waals surface area (Å²) >= 11 is 5.92. The van der Waals surface area contributed by atoms with E-state index in [9.17, 15) is 4.79 Å². The van der Waals surface area contributed by atoms with E-state index in [4.69, 9.17) is 11.6 Å². The summed E-state index contributed by atoms with van der Waals surface area (Å²) in [6.07, 6.45) is 0. The molecular weight excluding hydrogens is 334 g/mol. The Labute approximate surface area is 152 Å². The number of benzene rings is 2. The van der Waals surface area contributed by atoms with Crippen molar-refractivity contribution in [3.63, 3.8) is 0 Å². The van der Waals surface area contributed by atoms with Crippen molar-refractivity contribution in [1.29, 1.82) is 0 Å². The first kappa shape index (κ1) is 17.2. The number of carbonyl (C=O) groups excluding carboxylic acids is 1. The Hall–Kier alpha value is -2.59. The molecule has 0 spiro atoms. The van der Waals surface area contributed by atoms with E-state index in [1.165, 1.54) is 5.56 Å². The Morgan fingerprint density at radius 1 is 1.04 bits per heavy atom. The minimum absolute atomic E-state index is 0.153. The topological polar surface area (TPSA) is 46.9 Å². The molecular formula is C20H20ClN3O. The van der Waals surface area contributed by atoms with Crippen molar-refractivity contribution in [2.24, 2.45) is 0 Å². The van der Waals surface area contributed by atoms with Gasteiger partial charge in [0, 0.05) is 22.3 Å². The third kappa shape index (κ3) is 4.09. The highest BCUT2D eigenvalue weighted by Crippen LogP contribution is 2.16. The number of anilines is 1. The van der Waals surface area contributed by atoms with E-state index in [0.717, 1.165) is 16.8 Å². The molecule has 0 atom stereocenters. The predicted octanol–water partition coefficient (Wildman–Crippen LogP) is 4.76. The van der Waals surface area contributed by atoms with Crippen LogP contribution in [0, 0.1) is 20.8 Å². The van der Waals surface area contributed by atoms with Gasteiger partial charge in [0.05, 0.1) is 6.54 Å². The van der Waals surface area contributed by atoms with E-state index >= 15 is 0 Å². The van der Waals surface area contributed by atoms with Crippen LogP contribution >= 0.6 is 11.6 Å². The summed E-state index contributed by atoms with van der Waals surface area (Å²) < 4.78 is 1.86. The zero-order chi connectivity index (χ0) is 18.0. The van der Waals surface area contributed by atoms with Crippen LogP contribution in [-0.4, -0.2) is 15.7 Å². The number of hydrogen-bond donors (Lipinski definition) is 1. The lowest BCUT2D eigenvalue weighted by molar-refractivity contribution is 0.102. The molecule has 1 heterocycles. The minimum Gasteiger partial charge on any atom is -0.305 e. The Balaban J connectivity index is 1.74. The van der Waals surface area contributed by atoms with E-state index < -0.39 is 0 Å². The van der Waals surface area contributed by atoms with Gasteiger partial charge in [0.2, 0.25) is 0 Å². The quantitative estimate of drug-likeness (QED) is 0.734. The molecule has 0 aliphatic rings. The maximum Gasteiger partial charge on any atom is 0.256 e. The highest BCUT2D eigenvalue weighted by atomic mass is 35.5. The number of halogens is 1. The fourth-order valence-corrected chi connectivity index (χ4v) is 2.69. The van der Waals surface area contributed by atoms with Crippen molar-refractivity contribution in [2.45, 2.75) is 27.3 Å². The van der Waals surface area contributed by atoms with Crippen molar-refractivity contribution in [3.8, 4) is 0 Å². The van der Waals surface area contributed by atoms with Gasteiger partial charge >= 0.3 is 0 Å². The molecule has 0 saturated carbocycles. The second-order valence-corrected chi connectivity index (χ2v) is 6.64. The smallest absolute Gasteiger partial charge is 0.256 e. The van der Waals surface area contributed by atoms with E-state index in [2.05, 4.69) is 10.4 Å². The van der Waals surface area contributed by atoms with Crippen LogP contribution < -0.4 is 5.32 Å².